The summed E-state index contributed by atoms with van der Waals surface area (Å²) in [5.41, 5.74) is 3.29. The maximum Gasteiger partial charge on any atom is 0.282 e. The molecule has 0 saturated carbocycles. The number of ketones is 1. The molecule has 2 aliphatic heterocycles. The Morgan fingerprint density at radius 2 is 1.39 bits per heavy atom. The second kappa shape index (κ2) is 9.79. The van der Waals surface area contributed by atoms with Crippen LogP contribution in [-0.4, -0.2) is 72.9 Å². The lowest BCUT2D eigenvalue weighted by molar-refractivity contribution is -0.132. The summed E-state index contributed by atoms with van der Waals surface area (Å²) >= 11 is 0. The molecule has 1 aliphatic carbocycles. The van der Waals surface area contributed by atoms with Crippen LogP contribution >= 0.6 is 0 Å². The SMILES string of the molecule is O=C(CCC(=O)N1CCN(S(=O)(=O)N2CCCCCC2)CC1)c1ccc2c(c1)CCC2. The molecule has 0 aromatic heterocycles. The van der Waals surface area contributed by atoms with Crippen LogP contribution in [0.4, 0.5) is 0 Å². The maximum atomic E-state index is 12.9. The maximum absolute atomic E-state index is 12.9. The Balaban J connectivity index is 1.26. The van der Waals surface area contributed by atoms with Crippen LogP contribution in [0.5, 0.6) is 0 Å². The topological polar surface area (TPSA) is 78.0 Å². The van der Waals surface area contributed by atoms with E-state index in [-0.39, 0.29) is 24.5 Å². The van der Waals surface area contributed by atoms with E-state index < -0.39 is 10.2 Å². The van der Waals surface area contributed by atoms with Crippen LogP contribution in [0.1, 0.15) is 66.4 Å². The molecule has 4 rings (SSSR count). The van der Waals surface area contributed by atoms with Crippen LogP contribution < -0.4 is 0 Å². The van der Waals surface area contributed by atoms with Crippen LogP contribution in [0, 0.1) is 0 Å². The number of aryl methyl sites for hydroxylation is 2. The van der Waals surface area contributed by atoms with Gasteiger partial charge in [-0.1, -0.05) is 25.0 Å². The zero-order chi connectivity index (χ0) is 21.8. The minimum Gasteiger partial charge on any atom is -0.340 e. The van der Waals surface area contributed by atoms with E-state index in [9.17, 15) is 18.0 Å². The lowest BCUT2D eigenvalue weighted by atomic mass is 10.0. The number of piperazine rings is 1. The highest BCUT2D eigenvalue weighted by molar-refractivity contribution is 7.86. The van der Waals surface area contributed by atoms with E-state index in [2.05, 4.69) is 0 Å². The minimum absolute atomic E-state index is 0.00503. The number of benzene rings is 1. The average Bonchev–Trinajstić information content (AvgIpc) is 3.08. The molecular formula is C23H33N3O4S. The second-order valence-electron chi connectivity index (χ2n) is 8.86. The third-order valence-electron chi connectivity index (χ3n) is 6.80. The van der Waals surface area contributed by atoms with E-state index in [1.807, 2.05) is 18.2 Å². The third kappa shape index (κ3) is 5.18. The number of carbonyl (C=O) groups excluding carboxylic acids is 2. The summed E-state index contributed by atoms with van der Waals surface area (Å²) in [4.78, 5) is 26.9. The van der Waals surface area contributed by atoms with Crippen molar-refractivity contribution in [2.75, 3.05) is 39.3 Å². The molecule has 2 heterocycles. The van der Waals surface area contributed by atoms with Crippen LogP contribution in [0.25, 0.3) is 0 Å². The number of hydrogen-bond acceptors (Lipinski definition) is 4. The molecule has 2 fully saturated rings. The molecular weight excluding hydrogens is 414 g/mol. The first kappa shape index (κ1) is 22.4. The van der Waals surface area contributed by atoms with Crippen molar-refractivity contribution < 1.29 is 18.0 Å². The summed E-state index contributed by atoms with van der Waals surface area (Å²) in [5.74, 6) is -0.0632. The fourth-order valence-electron chi connectivity index (χ4n) is 4.87. The number of nitrogens with zero attached hydrogens (tertiary/aromatic N) is 3. The molecule has 0 N–H and O–H groups in total. The molecule has 1 aromatic carbocycles. The van der Waals surface area contributed by atoms with Crippen molar-refractivity contribution in [2.24, 2.45) is 0 Å². The van der Waals surface area contributed by atoms with Gasteiger partial charge in [0.05, 0.1) is 0 Å². The fraction of sp³-hybridized carbons (Fsp3) is 0.652. The summed E-state index contributed by atoms with van der Waals surface area (Å²) in [6, 6.07) is 5.91. The van der Waals surface area contributed by atoms with Crippen LogP contribution in [0.3, 0.4) is 0 Å². The van der Waals surface area contributed by atoms with Crippen molar-refractivity contribution in [3.8, 4) is 0 Å². The lowest BCUT2D eigenvalue weighted by Gasteiger charge is -2.36. The predicted octanol–water partition coefficient (Wildman–Crippen LogP) is 2.40. The third-order valence-corrected chi connectivity index (χ3v) is 8.83. The number of fused-ring (bicyclic) bond motifs is 1. The van der Waals surface area contributed by atoms with Gasteiger partial charge in [0.2, 0.25) is 5.91 Å². The molecule has 31 heavy (non-hydrogen) atoms. The van der Waals surface area contributed by atoms with Crippen LogP contribution in [0.2, 0.25) is 0 Å². The van der Waals surface area contributed by atoms with Crippen molar-refractivity contribution in [1.29, 1.82) is 0 Å². The summed E-state index contributed by atoms with van der Waals surface area (Å²) < 4.78 is 29.0. The van der Waals surface area contributed by atoms with E-state index in [1.165, 1.54) is 15.4 Å². The number of carbonyl (C=O) groups is 2. The van der Waals surface area contributed by atoms with Gasteiger partial charge in [-0.05, 0) is 49.3 Å². The van der Waals surface area contributed by atoms with Crippen molar-refractivity contribution in [1.82, 2.24) is 13.5 Å². The molecule has 1 aromatic rings. The number of amides is 1. The molecule has 7 nitrogen and oxygen atoms in total. The summed E-state index contributed by atoms with van der Waals surface area (Å²) in [6.45, 7) is 2.60. The quantitative estimate of drug-likeness (QED) is 0.628. The molecule has 1 amide bonds. The molecule has 0 unspecified atom stereocenters. The smallest absolute Gasteiger partial charge is 0.282 e. The highest BCUT2D eigenvalue weighted by Crippen LogP contribution is 2.24. The van der Waals surface area contributed by atoms with Gasteiger partial charge in [0.1, 0.15) is 0 Å². The molecule has 0 atom stereocenters. The van der Waals surface area contributed by atoms with E-state index in [0.717, 1.165) is 44.9 Å². The van der Waals surface area contributed by atoms with Gasteiger partial charge in [0, 0.05) is 57.7 Å². The van der Waals surface area contributed by atoms with Gasteiger partial charge in [-0.3, -0.25) is 9.59 Å². The molecule has 8 heteroatoms. The zero-order valence-corrected chi connectivity index (χ0v) is 19.0. The van der Waals surface area contributed by atoms with Gasteiger partial charge in [-0.25, -0.2) is 0 Å². The summed E-state index contributed by atoms with van der Waals surface area (Å²) in [5, 5.41) is 0. The van der Waals surface area contributed by atoms with E-state index >= 15 is 0 Å². The number of Topliss-reactive ketones (excluding diaryl/α,β-unsaturated/α-hetero) is 1. The Hall–Kier alpha value is -1.77. The van der Waals surface area contributed by atoms with E-state index in [0.29, 0.717) is 44.8 Å². The molecule has 0 spiro atoms. The average molecular weight is 448 g/mol. The van der Waals surface area contributed by atoms with Crippen LogP contribution in [0.15, 0.2) is 18.2 Å². The van der Waals surface area contributed by atoms with Crippen molar-refractivity contribution in [3.63, 3.8) is 0 Å². The van der Waals surface area contributed by atoms with Crippen molar-refractivity contribution >= 4 is 21.9 Å². The first-order chi connectivity index (χ1) is 14.9. The molecule has 3 aliphatic rings. The molecule has 0 bridgehead atoms. The highest BCUT2D eigenvalue weighted by atomic mass is 32.2. The van der Waals surface area contributed by atoms with Gasteiger partial charge in [0.15, 0.2) is 5.78 Å². The molecule has 170 valence electrons. The molecule has 0 radical (unpaired) electrons. The Bertz CT molecular complexity index is 915. The number of hydrogen-bond donors (Lipinski definition) is 0. The Labute approximate surface area is 185 Å². The normalized spacial score (nSPS) is 21.0. The predicted molar refractivity (Wildman–Crippen MR) is 119 cm³/mol. The Kier molecular flexibility index (Phi) is 7.08. The Morgan fingerprint density at radius 3 is 2.10 bits per heavy atom. The van der Waals surface area contributed by atoms with Crippen molar-refractivity contribution in [3.05, 3.63) is 34.9 Å². The zero-order valence-electron chi connectivity index (χ0n) is 18.2. The first-order valence-electron chi connectivity index (χ1n) is 11.6. The van der Waals surface area contributed by atoms with Gasteiger partial charge in [-0.2, -0.15) is 17.0 Å². The van der Waals surface area contributed by atoms with E-state index in [1.54, 1.807) is 9.21 Å². The number of rotatable bonds is 6. The fourth-order valence-corrected chi connectivity index (χ4v) is 6.54. The van der Waals surface area contributed by atoms with E-state index in [4.69, 9.17) is 0 Å². The second-order valence-corrected chi connectivity index (χ2v) is 10.8. The molecule has 2 saturated heterocycles. The standard InChI is InChI=1S/C23H33N3O4S/c27-22(21-9-8-19-6-5-7-20(19)18-21)10-11-23(28)24-14-16-26(17-15-24)31(29,30)25-12-3-1-2-4-13-25/h8-9,18H,1-7,10-17H2. The van der Waals surface area contributed by atoms with Crippen molar-refractivity contribution in [2.45, 2.75) is 57.8 Å². The monoisotopic (exact) mass is 447 g/mol. The van der Waals surface area contributed by atoms with Gasteiger partial charge in [0.25, 0.3) is 10.2 Å². The largest absolute Gasteiger partial charge is 0.340 e. The summed E-state index contributed by atoms with van der Waals surface area (Å²) in [7, 11) is -3.45. The minimum atomic E-state index is -3.45. The van der Waals surface area contributed by atoms with Gasteiger partial charge >= 0.3 is 0 Å². The first-order valence-corrected chi connectivity index (χ1v) is 13.0. The van der Waals surface area contributed by atoms with Gasteiger partial charge < -0.3 is 4.90 Å². The summed E-state index contributed by atoms with van der Waals surface area (Å²) in [6.07, 6.45) is 7.62. The lowest BCUT2D eigenvalue weighted by Crippen LogP contribution is -2.54. The van der Waals surface area contributed by atoms with Gasteiger partial charge in [-0.15, -0.1) is 0 Å². The highest BCUT2D eigenvalue weighted by Gasteiger charge is 2.33. The Morgan fingerprint density at radius 1 is 0.742 bits per heavy atom. The van der Waals surface area contributed by atoms with Crippen LogP contribution in [-0.2, 0) is 27.8 Å².